The van der Waals surface area contributed by atoms with Crippen LogP contribution in [-0.2, 0) is 22.4 Å². The molecule has 0 spiro atoms. The fourth-order valence-electron chi connectivity index (χ4n) is 0.656. The third-order valence-electron chi connectivity index (χ3n) is 1.23. The third-order valence-corrected chi connectivity index (χ3v) is 1.64. The van der Waals surface area contributed by atoms with E-state index in [1.807, 2.05) is 0 Å². The quantitative estimate of drug-likeness (QED) is 0.217. The first-order chi connectivity index (χ1) is 4.05. The number of rotatable bonds is 0. The first-order valence-corrected chi connectivity index (χ1v) is 2.81. The van der Waals surface area contributed by atoms with Crippen molar-refractivity contribution in [2.45, 2.75) is 12.8 Å². The first kappa shape index (κ1) is 6.73. The van der Waals surface area contributed by atoms with Crippen LogP contribution in [0.15, 0.2) is 0 Å². The maximum Gasteiger partial charge on any atom is 0.335 e. The summed E-state index contributed by atoms with van der Waals surface area (Å²) in [6.45, 7) is 0. The molecule has 0 atom stereocenters. The second kappa shape index (κ2) is 1.80. The molecule has 1 rings (SSSR count). The molecule has 0 saturated carbocycles. The predicted octanol–water partition coefficient (Wildman–Crippen LogP) is -0.499. The van der Waals surface area contributed by atoms with Gasteiger partial charge in [-0.15, -0.1) is 0 Å². The highest BCUT2D eigenvalue weighted by molar-refractivity contribution is 7.53. The van der Waals surface area contributed by atoms with Gasteiger partial charge in [-0.1, -0.05) is 0 Å². The number of amides is 2. The van der Waals surface area contributed by atoms with E-state index in [2.05, 4.69) is 12.8 Å². The van der Waals surface area contributed by atoms with Crippen molar-refractivity contribution in [3.05, 3.63) is 0 Å². The van der Waals surface area contributed by atoms with Gasteiger partial charge in [0.05, 0.1) is 12.8 Å². The van der Waals surface area contributed by atoms with Crippen LogP contribution < -0.4 is 0 Å². The fourth-order valence-corrected chi connectivity index (χ4v) is 0.839. The van der Waals surface area contributed by atoms with E-state index in [9.17, 15) is 9.59 Å². The van der Waals surface area contributed by atoms with Gasteiger partial charge in [-0.05, 0) is 0 Å². The molecule has 2 amide bonds. The van der Waals surface area contributed by atoms with Crippen LogP contribution in [0.4, 0.5) is 0 Å². The van der Waals surface area contributed by atoms with Gasteiger partial charge in [0.15, 0.2) is 0 Å². The maximum atomic E-state index is 10.5. The number of nitrogens with zero attached hydrogens (tertiary/aromatic N) is 1. The summed E-state index contributed by atoms with van der Waals surface area (Å²) < 4.78 is -1.47. The smallest absolute Gasteiger partial charge is 0.335 e. The number of carbonyl (C=O) groups excluding carboxylic acids is 2. The summed E-state index contributed by atoms with van der Waals surface area (Å²) in [7, 11) is 0. The van der Waals surface area contributed by atoms with E-state index < -0.39 is 15.9 Å². The maximum absolute atomic E-state index is 10.5. The van der Waals surface area contributed by atoms with E-state index in [0.717, 1.165) is 0 Å². The number of hydrogen-bond donors (Lipinski definition) is 1. The summed E-state index contributed by atoms with van der Waals surface area (Å²) in [6.07, 6.45) is 0.137. The lowest BCUT2D eigenvalue weighted by Crippen LogP contribution is -2.43. The highest BCUT2D eigenvalue weighted by Gasteiger charge is 2.39. The first-order valence-electron chi connectivity index (χ1n) is 2.45. The van der Waals surface area contributed by atoms with Gasteiger partial charge in [-0.2, -0.15) is 4.05 Å². The van der Waals surface area contributed by atoms with Crippen molar-refractivity contribution in [2.24, 2.45) is 0 Å². The normalized spacial score (nSPS) is 25.1. The van der Waals surface area contributed by atoms with Crippen molar-refractivity contribution in [1.82, 2.24) is 0 Å². The Morgan fingerprint density at radius 3 is 1.78 bits per heavy atom. The Labute approximate surface area is 57.2 Å². The Morgan fingerprint density at radius 1 is 1.33 bits per heavy atom. The van der Waals surface area contributed by atoms with Gasteiger partial charge < -0.3 is 12.8 Å². The molecule has 1 aliphatic heterocycles. The molecule has 50 valence electrons. The minimum atomic E-state index is -1.47. The molecule has 1 N–H and O–H groups in total. The SMILES string of the molecule is O=C1CCC(=O)[N+]1(O)[S-]. The molecule has 5 heteroatoms. The zero-order chi connectivity index (χ0) is 7.07. The third kappa shape index (κ3) is 0.868. The van der Waals surface area contributed by atoms with Crippen LogP contribution in [0.1, 0.15) is 12.8 Å². The average Bonchev–Trinajstić information content (AvgIpc) is 1.96. The molecule has 0 radical (unpaired) electrons. The largest absolute Gasteiger partial charge is 0.434 e. The Bertz CT molecular complexity index is 159. The minimum absolute atomic E-state index is 0.0683. The monoisotopic (exact) mass is 147 g/mol. The van der Waals surface area contributed by atoms with Crippen LogP contribution in [0.2, 0.25) is 0 Å². The van der Waals surface area contributed by atoms with E-state index in [4.69, 9.17) is 5.21 Å². The lowest BCUT2D eigenvalue weighted by atomic mass is 10.4. The fraction of sp³-hybridized carbons (Fsp3) is 0.500. The van der Waals surface area contributed by atoms with Gasteiger partial charge >= 0.3 is 11.8 Å². The van der Waals surface area contributed by atoms with Gasteiger partial charge in [0.25, 0.3) is 0 Å². The zero-order valence-electron chi connectivity index (χ0n) is 4.53. The van der Waals surface area contributed by atoms with E-state index in [1.165, 1.54) is 0 Å². The molecule has 0 aliphatic carbocycles. The van der Waals surface area contributed by atoms with E-state index in [-0.39, 0.29) is 12.8 Å². The lowest BCUT2D eigenvalue weighted by molar-refractivity contribution is -0.853. The second-order valence-electron chi connectivity index (χ2n) is 1.86. The van der Waals surface area contributed by atoms with Gasteiger partial charge in [-0.3, -0.25) is 0 Å². The molecule has 1 aliphatic rings. The zero-order valence-corrected chi connectivity index (χ0v) is 5.35. The summed E-state index contributed by atoms with van der Waals surface area (Å²) in [6, 6.07) is 0. The van der Waals surface area contributed by atoms with Crippen LogP contribution in [0, 0.1) is 0 Å². The molecular weight excluding hydrogens is 142 g/mol. The molecule has 0 aromatic heterocycles. The van der Waals surface area contributed by atoms with Crippen molar-refractivity contribution < 1.29 is 18.8 Å². The Hall–Kier alpha value is -0.390. The lowest BCUT2D eigenvalue weighted by Gasteiger charge is -2.22. The molecule has 1 heterocycles. The number of hydrogen-bond acceptors (Lipinski definition) is 4. The Morgan fingerprint density at radius 2 is 1.67 bits per heavy atom. The van der Waals surface area contributed by atoms with Crippen molar-refractivity contribution in [3.8, 4) is 0 Å². The molecule has 0 aromatic carbocycles. The molecule has 4 nitrogen and oxygen atoms in total. The summed E-state index contributed by atoms with van der Waals surface area (Å²) in [5.41, 5.74) is 0. The standard InChI is InChI=1S/C4H5NO3S/c6-3-1-2-4(7)5(3,8)9/h8H,1-2H2. The summed E-state index contributed by atoms with van der Waals surface area (Å²) in [5, 5.41) is 8.78. The molecule has 1 saturated heterocycles. The van der Waals surface area contributed by atoms with Crippen molar-refractivity contribution in [1.29, 1.82) is 0 Å². The van der Waals surface area contributed by atoms with Gasteiger partial charge in [-0.25, -0.2) is 14.8 Å². The van der Waals surface area contributed by atoms with Gasteiger partial charge in [0, 0.05) is 0 Å². The Balaban J connectivity index is 2.91. The highest BCUT2D eigenvalue weighted by Crippen LogP contribution is 2.16. The van der Waals surface area contributed by atoms with Crippen molar-refractivity contribution in [2.75, 3.05) is 0 Å². The topological polar surface area (TPSA) is 54.4 Å². The number of imide groups is 1. The number of carbonyl (C=O) groups is 2. The van der Waals surface area contributed by atoms with E-state index >= 15 is 0 Å². The van der Waals surface area contributed by atoms with Gasteiger partial charge in [0.2, 0.25) is 0 Å². The summed E-state index contributed by atoms with van der Waals surface area (Å²) >= 11 is 4.25. The highest BCUT2D eigenvalue weighted by atomic mass is 32.1. The molecule has 9 heavy (non-hydrogen) atoms. The number of hydroxylamine groups is 2. The molecule has 0 unspecified atom stereocenters. The molecule has 0 bridgehead atoms. The van der Waals surface area contributed by atoms with Crippen molar-refractivity contribution in [3.63, 3.8) is 0 Å². The van der Waals surface area contributed by atoms with Crippen molar-refractivity contribution >= 4 is 24.6 Å². The van der Waals surface area contributed by atoms with Crippen LogP contribution in [-0.4, -0.2) is 21.1 Å². The molecular formula is C4H5NO3S. The predicted molar refractivity (Wildman–Crippen MR) is 28.7 cm³/mol. The molecule has 1 fully saturated rings. The van der Waals surface area contributed by atoms with E-state index in [0.29, 0.717) is 0 Å². The van der Waals surface area contributed by atoms with Crippen LogP contribution >= 0.6 is 0 Å². The molecule has 0 aromatic rings. The minimum Gasteiger partial charge on any atom is -0.434 e. The second-order valence-corrected chi connectivity index (χ2v) is 2.39. The summed E-state index contributed by atoms with van der Waals surface area (Å²) in [5.74, 6) is -1.20. The van der Waals surface area contributed by atoms with Crippen LogP contribution in [0.3, 0.4) is 0 Å². The van der Waals surface area contributed by atoms with E-state index in [1.54, 1.807) is 0 Å². The Kier molecular flexibility index (Phi) is 1.34. The number of quaternary nitrogens is 1. The van der Waals surface area contributed by atoms with Crippen LogP contribution in [0.5, 0.6) is 0 Å². The van der Waals surface area contributed by atoms with Gasteiger partial charge in [0.1, 0.15) is 0 Å². The summed E-state index contributed by atoms with van der Waals surface area (Å²) in [4.78, 5) is 21.0. The average molecular weight is 147 g/mol. The van der Waals surface area contributed by atoms with Crippen LogP contribution in [0.25, 0.3) is 0 Å².